The molecule has 3 N–H and O–H groups in total. The second kappa shape index (κ2) is 8.63. The molecule has 0 aromatic heterocycles. The number of nitrogens with zero attached hydrogens (tertiary/aromatic N) is 1. The van der Waals surface area contributed by atoms with E-state index >= 15 is 0 Å². The average Bonchev–Trinajstić information content (AvgIpc) is 2.68. The summed E-state index contributed by atoms with van der Waals surface area (Å²) in [5.74, 6) is -0.351. The number of rotatable bonds is 6. The first-order valence-corrected chi connectivity index (χ1v) is 9.09. The lowest BCUT2D eigenvalue weighted by Gasteiger charge is -2.30. The van der Waals surface area contributed by atoms with Gasteiger partial charge in [-0.05, 0) is 31.0 Å². The van der Waals surface area contributed by atoms with Crippen LogP contribution in [0.4, 0.5) is 5.69 Å². The first-order valence-electron chi connectivity index (χ1n) is 9.09. The fourth-order valence-electron chi connectivity index (χ4n) is 3.42. The van der Waals surface area contributed by atoms with Crippen LogP contribution >= 0.6 is 0 Å². The summed E-state index contributed by atoms with van der Waals surface area (Å²) in [6, 6.07) is 17.8. The summed E-state index contributed by atoms with van der Waals surface area (Å²) in [7, 11) is 0. The zero-order valence-corrected chi connectivity index (χ0v) is 14.9. The van der Waals surface area contributed by atoms with Gasteiger partial charge in [-0.3, -0.25) is 9.59 Å². The summed E-state index contributed by atoms with van der Waals surface area (Å²) in [4.78, 5) is 25.9. The quantitative estimate of drug-likeness (QED) is 0.840. The van der Waals surface area contributed by atoms with E-state index in [0.717, 1.165) is 36.2 Å². The van der Waals surface area contributed by atoms with Gasteiger partial charge in [-0.2, -0.15) is 0 Å². The normalized spacial score (nSPS) is 17.6. The Morgan fingerprint density at radius 3 is 2.58 bits per heavy atom. The standard InChI is InChI=1S/C21H25N3O2/c22-21(26)17-9-6-13-24(15-17)14-12-20(25)23-19-11-5-4-10-18(19)16-7-2-1-3-8-16/h1-5,7-8,10-11,17H,6,9,12-15H2,(H2,22,26)(H,23,25)/t17-/m1/s1. The topological polar surface area (TPSA) is 75.4 Å². The molecule has 2 amide bonds. The summed E-state index contributed by atoms with van der Waals surface area (Å²) in [6.45, 7) is 2.21. The van der Waals surface area contributed by atoms with Crippen molar-refractivity contribution in [3.05, 3.63) is 54.6 Å². The van der Waals surface area contributed by atoms with Crippen LogP contribution < -0.4 is 11.1 Å². The Labute approximate surface area is 154 Å². The highest BCUT2D eigenvalue weighted by Gasteiger charge is 2.24. The lowest BCUT2D eigenvalue weighted by molar-refractivity contribution is -0.123. The van der Waals surface area contributed by atoms with Crippen LogP contribution in [0, 0.1) is 5.92 Å². The molecule has 2 aromatic rings. The number of primary amides is 1. The molecule has 5 heteroatoms. The maximum Gasteiger partial charge on any atom is 0.225 e. The van der Waals surface area contributed by atoms with E-state index in [1.807, 2.05) is 54.6 Å². The molecule has 1 atom stereocenters. The first-order chi connectivity index (χ1) is 12.6. The van der Waals surface area contributed by atoms with E-state index in [1.165, 1.54) is 0 Å². The number of likely N-dealkylation sites (tertiary alicyclic amines) is 1. The Kier molecular flexibility index (Phi) is 6.02. The highest BCUT2D eigenvalue weighted by atomic mass is 16.2. The summed E-state index contributed by atoms with van der Waals surface area (Å²) >= 11 is 0. The van der Waals surface area contributed by atoms with Gasteiger partial charge < -0.3 is 16.0 Å². The summed E-state index contributed by atoms with van der Waals surface area (Å²) in [5, 5.41) is 3.03. The number of piperidine rings is 1. The van der Waals surface area contributed by atoms with Gasteiger partial charge in [0.1, 0.15) is 0 Å². The highest BCUT2D eigenvalue weighted by Crippen LogP contribution is 2.27. The largest absolute Gasteiger partial charge is 0.369 e. The van der Waals surface area contributed by atoms with Crippen molar-refractivity contribution < 1.29 is 9.59 Å². The van der Waals surface area contributed by atoms with Crippen molar-refractivity contribution in [3.8, 4) is 11.1 Å². The van der Waals surface area contributed by atoms with Crippen molar-refractivity contribution in [3.63, 3.8) is 0 Å². The average molecular weight is 351 g/mol. The monoisotopic (exact) mass is 351 g/mol. The van der Waals surface area contributed by atoms with Crippen LogP contribution in [0.5, 0.6) is 0 Å². The Hall–Kier alpha value is -2.66. The van der Waals surface area contributed by atoms with Crippen molar-refractivity contribution in [1.29, 1.82) is 0 Å². The molecule has 1 aliphatic heterocycles. The Balaban J connectivity index is 1.58. The van der Waals surface area contributed by atoms with Crippen LogP contribution in [0.3, 0.4) is 0 Å². The summed E-state index contributed by atoms with van der Waals surface area (Å²) in [6.07, 6.45) is 2.20. The van der Waals surface area contributed by atoms with Crippen LogP contribution in [-0.4, -0.2) is 36.3 Å². The second-order valence-electron chi connectivity index (χ2n) is 6.75. The number of carbonyl (C=O) groups is 2. The highest BCUT2D eigenvalue weighted by molar-refractivity contribution is 5.95. The van der Waals surface area contributed by atoms with Gasteiger partial charge in [0.05, 0.1) is 5.92 Å². The maximum atomic E-state index is 12.4. The second-order valence-corrected chi connectivity index (χ2v) is 6.75. The van der Waals surface area contributed by atoms with Gasteiger partial charge >= 0.3 is 0 Å². The van der Waals surface area contributed by atoms with Gasteiger partial charge in [0, 0.05) is 30.8 Å². The third kappa shape index (κ3) is 4.70. The number of amides is 2. The van der Waals surface area contributed by atoms with E-state index in [2.05, 4.69) is 10.2 Å². The SMILES string of the molecule is NC(=O)[C@@H]1CCCN(CCC(=O)Nc2ccccc2-c2ccccc2)C1. The third-order valence-electron chi connectivity index (χ3n) is 4.85. The fraction of sp³-hybridized carbons (Fsp3) is 0.333. The van der Waals surface area contributed by atoms with Gasteiger partial charge in [-0.25, -0.2) is 0 Å². The minimum atomic E-state index is -0.240. The van der Waals surface area contributed by atoms with Gasteiger partial charge in [0.2, 0.25) is 11.8 Å². The van der Waals surface area contributed by atoms with E-state index in [4.69, 9.17) is 5.73 Å². The fourth-order valence-corrected chi connectivity index (χ4v) is 3.42. The van der Waals surface area contributed by atoms with Gasteiger partial charge in [-0.1, -0.05) is 48.5 Å². The van der Waals surface area contributed by atoms with Crippen LogP contribution in [0.2, 0.25) is 0 Å². The molecule has 0 radical (unpaired) electrons. The summed E-state index contributed by atoms with van der Waals surface area (Å²) in [5.41, 5.74) is 8.31. The summed E-state index contributed by atoms with van der Waals surface area (Å²) < 4.78 is 0. The molecule has 2 aromatic carbocycles. The number of anilines is 1. The number of hydrogen-bond acceptors (Lipinski definition) is 3. The van der Waals surface area contributed by atoms with Crippen LogP contribution in [0.1, 0.15) is 19.3 Å². The van der Waals surface area contributed by atoms with Gasteiger partial charge in [-0.15, -0.1) is 0 Å². The van der Waals surface area contributed by atoms with Gasteiger partial charge in [0.15, 0.2) is 0 Å². The lowest BCUT2D eigenvalue weighted by atomic mass is 9.97. The van der Waals surface area contributed by atoms with Crippen molar-refractivity contribution >= 4 is 17.5 Å². The molecule has 0 bridgehead atoms. The third-order valence-corrected chi connectivity index (χ3v) is 4.85. The molecular formula is C21H25N3O2. The Morgan fingerprint density at radius 1 is 1.08 bits per heavy atom. The van der Waals surface area contributed by atoms with Crippen LogP contribution in [-0.2, 0) is 9.59 Å². The van der Waals surface area contributed by atoms with Crippen molar-refractivity contribution in [2.24, 2.45) is 11.7 Å². The zero-order chi connectivity index (χ0) is 18.4. The molecule has 1 fully saturated rings. The predicted molar refractivity (Wildman–Crippen MR) is 103 cm³/mol. The van der Waals surface area contributed by atoms with Crippen molar-refractivity contribution in [2.45, 2.75) is 19.3 Å². The molecular weight excluding hydrogens is 326 g/mol. The first kappa shape index (κ1) is 18.1. The smallest absolute Gasteiger partial charge is 0.225 e. The molecule has 1 heterocycles. The number of para-hydroxylation sites is 1. The van der Waals surface area contributed by atoms with E-state index in [0.29, 0.717) is 19.5 Å². The molecule has 0 saturated carbocycles. The predicted octanol–water partition coefficient (Wildman–Crippen LogP) is 2.88. The number of carbonyl (C=O) groups excluding carboxylic acids is 2. The number of hydrogen-bond donors (Lipinski definition) is 2. The van der Waals surface area contributed by atoms with E-state index in [1.54, 1.807) is 0 Å². The Bertz CT molecular complexity index is 761. The van der Waals surface area contributed by atoms with E-state index in [-0.39, 0.29) is 17.7 Å². The van der Waals surface area contributed by atoms with E-state index < -0.39 is 0 Å². The van der Waals surface area contributed by atoms with E-state index in [9.17, 15) is 9.59 Å². The van der Waals surface area contributed by atoms with Crippen molar-refractivity contribution in [1.82, 2.24) is 4.90 Å². The lowest BCUT2D eigenvalue weighted by Crippen LogP contribution is -2.42. The van der Waals surface area contributed by atoms with Gasteiger partial charge in [0.25, 0.3) is 0 Å². The van der Waals surface area contributed by atoms with Crippen LogP contribution in [0.15, 0.2) is 54.6 Å². The minimum Gasteiger partial charge on any atom is -0.369 e. The molecule has 0 unspecified atom stereocenters. The number of nitrogens with two attached hydrogens (primary N) is 1. The number of benzene rings is 2. The maximum absolute atomic E-state index is 12.4. The molecule has 5 nitrogen and oxygen atoms in total. The molecule has 3 rings (SSSR count). The molecule has 0 aliphatic carbocycles. The van der Waals surface area contributed by atoms with Crippen molar-refractivity contribution in [2.75, 3.05) is 25.0 Å². The molecule has 26 heavy (non-hydrogen) atoms. The Morgan fingerprint density at radius 2 is 1.81 bits per heavy atom. The minimum absolute atomic E-state index is 0.0189. The van der Waals surface area contributed by atoms with Crippen LogP contribution in [0.25, 0.3) is 11.1 Å². The molecule has 0 spiro atoms. The number of nitrogens with one attached hydrogen (secondary N) is 1. The molecule has 1 aliphatic rings. The molecule has 136 valence electrons. The molecule has 1 saturated heterocycles. The zero-order valence-electron chi connectivity index (χ0n) is 14.9.